The first-order valence-corrected chi connectivity index (χ1v) is 8.68. The first-order chi connectivity index (χ1) is 11.7. The van der Waals surface area contributed by atoms with Gasteiger partial charge in [0, 0.05) is 19.4 Å². The van der Waals surface area contributed by atoms with Gasteiger partial charge in [-0.1, -0.05) is 36.8 Å². The van der Waals surface area contributed by atoms with Crippen LogP contribution in [-0.2, 0) is 25.7 Å². The van der Waals surface area contributed by atoms with Crippen molar-refractivity contribution >= 4 is 11.9 Å². The second-order valence-corrected chi connectivity index (χ2v) is 5.71. The molecule has 1 N–H and O–H groups in total. The lowest BCUT2D eigenvalue weighted by Gasteiger charge is -2.06. The van der Waals surface area contributed by atoms with Gasteiger partial charge in [-0.05, 0) is 37.7 Å². The van der Waals surface area contributed by atoms with Gasteiger partial charge < -0.3 is 14.6 Å². The smallest absolute Gasteiger partial charge is 0.306 e. The molecule has 0 spiro atoms. The van der Waals surface area contributed by atoms with E-state index in [1.165, 1.54) is 0 Å². The lowest BCUT2D eigenvalue weighted by atomic mass is 10.2. The van der Waals surface area contributed by atoms with Gasteiger partial charge in [0.1, 0.15) is 6.61 Å². The second kappa shape index (κ2) is 13.5. The topological polar surface area (TPSA) is 72.8 Å². The van der Waals surface area contributed by atoms with Crippen LogP contribution in [0.1, 0.15) is 56.9 Å². The van der Waals surface area contributed by atoms with Gasteiger partial charge in [0.05, 0.1) is 6.61 Å². The van der Waals surface area contributed by atoms with E-state index in [0.717, 1.165) is 44.1 Å². The van der Waals surface area contributed by atoms with Crippen molar-refractivity contribution < 1.29 is 24.2 Å². The van der Waals surface area contributed by atoms with Crippen molar-refractivity contribution in [2.45, 2.75) is 58.0 Å². The lowest BCUT2D eigenvalue weighted by Crippen LogP contribution is -2.07. The number of rotatable bonds is 13. The van der Waals surface area contributed by atoms with Gasteiger partial charge in [-0.15, -0.1) is 0 Å². The Morgan fingerprint density at radius 1 is 0.792 bits per heavy atom. The van der Waals surface area contributed by atoms with Crippen LogP contribution in [0.4, 0.5) is 0 Å². The van der Waals surface area contributed by atoms with Gasteiger partial charge >= 0.3 is 11.9 Å². The molecule has 0 bridgehead atoms. The summed E-state index contributed by atoms with van der Waals surface area (Å²) in [6, 6.07) is 9.60. The van der Waals surface area contributed by atoms with Crippen molar-refractivity contribution in [3.63, 3.8) is 0 Å². The van der Waals surface area contributed by atoms with Gasteiger partial charge in [-0.3, -0.25) is 9.59 Å². The molecule has 1 aromatic rings. The van der Waals surface area contributed by atoms with Gasteiger partial charge in [0.25, 0.3) is 0 Å². The normalized spacial score (nSPS) is 10.4. The summed E-state index contributed by atoms with van der Waals surface area (Å²) in [6.45, 7) is 0.883. The Labute approximate surface area is 144 Å². The molecule has 0 saturated carbocycles. The molecule has 0 aromatic heterocycles. The standard InChI is InChI=1S/C19H28O5/c20-14-8-2-6-12-18(21)23-15-9-3-7-13-19(22)24-16-17-10-4-1-5-11-17/h1,4-5,10-11,20H,2-3,6-9,12-16H2. The summed E-state index contributed by atoms with van der Waals surface area (Å²) in [5.41, 5.74) is 0.983. The van der Waals surface area contributed by atoms with Crippen molar-refractivity contribution in [1.29, 1.82) is 0 Å². The number of carbonyl (C=O) groups is 2. The molecule has 0 fully saturated rings. The molecule has 24 heavy (non-hydrogen) atoms. The molecule has 1 aromatic carbocycles. The Hall–Kier alpha value is -1.88. The highest BCUT2D eigenvalue weighted by Crippen LogP contribution is 2.06. The Morgan fingerprint density at radius 2 is 1.42 bits per heavy atom. The van der Waals surface area contributed by atoms with Gasteiger partial charge in [0.2, 0.25) is 0 Å². The van der Waals surface area contributed by atoms with Crippen LogP contribution < -0.4 is 0 Å². The van der Waals surface area contributed by atoms with Crippen molar-refractivity contribution in [1.82, 2.24) is 0 Å². The molecule has 0 amide bonds. The number of aliphatic hydroxyl groups is 1. The maximum atomic E-state index is 11.6. The van der Waals surface area contributed by atoms with Crippen LogP contribution in [0, 0.1) is 0 Å². The summed E-state index contributed by atoms with van der Waals surface area (Å²) >= 11 is 0. The molecule has 0 atom stereocenters. The first-order valence-electron chi connectivity index (χ1n) is 8.68. The third-order valence-electron chi connectivity index (χ3n) is 3.57. The van der Waals surface area contributed by atoms with Crippen LogP contribution in [0.25, 0.3) is 0 Å². The minimum atomic E-state index is -0.195. The molecule has 0 aliphatic carbocycles. The predicted octanol–water partition coefficient (Wildman–Crippen LogP) is 3.39. The maximum Gasteiger partial charge on any atom is 0.306 e. The average Bonchev–Trinajstić information content (AvgIpc) is 2.61. The van der Waals surface area contributed by atoms with E-state index < -0.39 is 0 Å². The Kier molecular flexibility index (Phi) is 11.4. The first kappa shape index (κ1) is 20.2. The van der Waals surface area contributed by atoms with Crippen molar-refractivity contribution in [3.05, 3.63) is 35.9 Å². The highest BCUT2D eigenvalue weighted by Gasteiger charge is 2.05. The number of hydrogen-bond donors (Lipinski definition) is 1. The highest BCUT2D eigenvalue weighted by atomic mass is 16.5. The molecule has 134 valence electrons. The number of carbonyl (C=O) groups excluding carboxylic acids is 2. The summed E-state index contributed by atoms with van der Waals surface area (Å²) in [4.78, 5) is 23.0. The number of benzene rings is 1. The monoisotopic (exact) mass is 336 g/mol. The van der Waals surface area contributed by atoms with E-state index in [1.807, 2.05) is 30.3 Å². The Balaban J connectivity index is 1.92. The van der Waals surface area contributed by atoms with Crippen LogP contribution in [0.5, 0.6) is 0 Å². The average molecular weight is 336 g/mol. The summed E-state index contributed by atoms with van der Waals surface area (Å²) in [5, 5.41) is 8.64. The zero-order valence-corrected chi connectivity index (χ0v) is 14.2. The molecule has 0 aliphatic rings. The quantitative estimate of drug-likeness (QED) is 0.441. The van der Waals surface area contributed by atoms with Crippen LogP contribution >= 0.6 is 0 Å². The zero-order chi connectivity index (χ0) is 17.5. The van der Waals surface area contributed by atoms with E-state index in [-0.39, 0.29) is 18.5 Å². The van der Waals surface area contributed by atoms with E-state index in [0.29, 0.717) is 26.1 Å². The predicted molar refractivity (Wildman–Crippen MR) is 91.2 cm³/mol. The SMILES string of the molecule is O=C(CCCCCO)OCCCCCC(=O)OCc1ccccc1. The summed E-state index contributed by atoms with van der Waals surface area (Å²) < 4.78 is 10.3. The number of aliphatic hydroxyl groups excluding tert-OH is 1. The maximum absolute atomic E-state index is 11.6. The Bertz CT molecular complexity index is 458. The number of unbranched alkanes of at least 4 members (excludes halogenated alkanes) is 4. The molecule has 0 aliphatic heterocycles. The number of esters is 2. The number of ether oxygens (including phenoxy) is 2. The minimum absolute atomic E-state index is 0.169. The highest BCUT2D eigenvalue weighted by molar-refractivity contribution is 5.69. The number of hydrogen-bond acceptors (Lipinski definition) is 5. The fraction of sp³-hybridized carbons (Fsp3) is 0.579. The zero-order valence-electron chi connectivity index (χ0n) is 14.2. The molecule has 0 saturated heterocycles. The van der Waals surface area contributed by atoms with Crippen LogP contribution in [0.3, 0.4) is 0 Å². The molecular formula is C19H28O5. The molecule has 0 unspecified atom stereocenters. The fourth-order valence-electron chi connectivity index (χ4n) is 2.17. The minimum Gasteiger partial charge on any atom is -0.466 e. The van der Waals surface area contributed by atoms with Crippen LogP contribution in [-0.4, -0.2) is 30.3 Å². The summed E-state index contributed by atoms with van der Waals surface area (Å²) in [7, 11) is 0. The van der Waals surface area contributed by atoms with Crippen molar-refractivity contribution in [2.24, 2.45) is 0 Å². The fourth-order valence-corrected chi connectivity index (χ4v) is 2.17. The van der Waals surface area contributed by atoms with E-state index in [9.17, 15) is 9.59 Å². The molecule has 0 heterocycles. The second-order valence-electron chi connectivity index (χ2n) is 5.71. The van der Waals surface area contributed by atoms with Gasteiger partial charge in [0.15, 0.2) is 0 Å². The van der Waals surface area contributed by atoms with Gasteiger partial charge in [-0.2, -0.15) is 0 Å². The van der Waals surface area contributed by atoms with Crippen molar-refractivity contribution in [2.75, 3.05) is 13.2 Å². The van der Waals surface area contributed by atoms with Crippen molar-refractivity contribution in [3.8, 4) is 0 Å². The van der Waals surface area contributed by atoms with Crippen LogP contribution in [0.15, 0.2) is 30.3 Å². The van der Waals surface area contributed by atoms with Crippen LogP contribution in [0.2, 0.25) is 0 Å². The van der Waals surface area contributed by atoms with E-state index in [2.05, 4.69) is 0 Å². The molecule has 0 radical (unpaired) electrons. The Morgan fingerprint density at radius 3 is 2.08 bits per heavy atom. The van der Waals surface area contributed by atoms with Gasteiger partial charge in [-0.25, -0.2) is 0 Å². The third-order valence-corrected chi connectivity index (χ3v) is 3.57. The third kappa shape index (κ3) is 10.8. The lowest BCUT2D eigenvalue weighted by molar-refractivity contribution is -0.146. The molecular weight excluding hydrogens is 308 g/mol. The van der Waals surface area contributed by atoms with E-state index in [4.69, 9.17) is 14.6 Å². The van der Waals surface area contributed by atoms with E-state index in [1.54, 1.807) is 0 Å². The molecule has 5 heteroatoms. The molecule has 1 rings (SSSR count). The largest absolute Gasteiger partial charge is 0.466 e. The summed E-state index contributed by atoms with van der Waals surface area (Å²) in [5.74, 6) is -0.380. The van der Waals surface area contributed by atoms with E-state index >= 15 is 0 Å². The molecule has 5 nitrogen and oxygen atoms in total. The summed E-state index contributed by atoms with van der Waals surface area (Å²) in [6.07, 6.45) is 5.46.